The fourth-order valence-electron chi connectivity index (χ4n) is 4.97. The van der Waals surface area contributed by atoms with Gasteiger partial charge >= 0.3 is 0 Å². The Hall–Kier alpha value is -0.670. The second-order valence-corrected chi connectivity index (χ2v) is 6.65. The number of fused-ring (bicyclic) bond motifs is 3. The molecule has 3 aliphatic rings. The van der Waals surface area contributed by atoms with Crippen LogP contribution >= 0.6 is 0 Å². The molecule has 3 nitrogen and oxygen atoms in total. The number of carbonyl (C=O) groups is 1. The van der Waals surface area contributed by atoms with Crippen molar-refractivity contribution in [3.63, 3.8) is 0 Å². The molecule has 3 heteroatoms. The van der Waals surface area contributed by atoms with Gasteiger partial charge in [-0.05, 0) is 64.3 Å². The van der Waals surface area contributed by atoms with Crippen LogP contribution in [0.2, 0.25) is 0 Å². The monoisotopic (exact) mass is 249 g/mol. The van der Waals surface area contributed by atoms with Gasteiger partial charge in [0.05, 0.1) is 17.1 Å². The summed E-state index contributed by atoms with van der Waals surface area (Å²) in [5, 5.41) is 11.0. The molecule has 0 aromatic carbocycles. The minimum atomic E-state index is -0.750. The van der Waals surface area contributed by atoms with E-state index >= 15 is 0 Å². The molecule has 3 aliphatic carbocycles. The van der Waals surface area contributed by atoms with E-state index in [1.165, 1.54) is 5.57 Å². The molecule has 0 spiro atoms. The van der Waals surface area contributed by atoms with E-state index < -0.39 is 5.60 Å². The average molecular weight is 249 g/mol. The molecular weight excluding hydrogens is 226 g/mol. The second kappa shape index (κ2) is 3.45. The predicted octanol–water partition coefficient (Wildman–Crippen LogP) is 1.76. The van der Waals surface area contributed by atoms with Crippen molar-refractivity contribution in [2.45, 2.75) is 50.7 Å². The summed E-state index contributed by atoms with van der Waals surface area (Å²) in [5.74, 6) is 0.262. The van der Waals surface area contributed by atoms with Gasteiger partial charge in [0.1, 0.15) is 0 Å². The molecule has 0 aliphatic heterocycles. The minimum absolute atomic E-state index is 0.188. The Morgan fingerprint density at radius 1 is 1.33 bits per heavy atom. The van der Waals surface area contributed by atoms with E-state index in [-0.39, 0.29) is 17.2 Å². The molecule has 0 aromatic heterocycles. The molecule has 2 fully saturated rings. The highest BCUT2D eigenvalue weighted by atomic mass is 16.3. The van der Waals surface area contributed by atoms with Gasteiger partial charge in [-0.25, -0.2) is 0 Å². The maximum absolute atomic E-state index is 12.6. The Morgan fingerprint density at radius 2 is 2.00 bits per heavy atom. The first kappa shape index (κ1) is 12.4. The number of likely N-dealkylation sites (N-methyl/N-ethyl adjacent to an activating group) is 1. The number of carbonyl (C=O) groups excluding carboxylic acids is 1. The van der Waals surface area contributed by atoms with Crippen molar-refractivity contribution in [1.29, 1.82) is 0 Å². The Labute approximate surface area is 109 Å². The number of allylic oxidation sites excluding steroid dienone is 1. The van der Waals surface area contributed by atoms with E-state index in [1.807, 2.05) is 21.0 Å². The first-order chi connectivity index (χ1) is 8.35. The molecule has 1 N–H and O–H groups in total. The van der Waals surface area contributed by atoms with Crippen molar-refractivity contribution in [2.75, 3.05) is 14.1 Å². The molecule has 0 amide bonds. The summed E-state index contributed by atoms with van der Waals surface area (Å²) >= 11 is 0. The molecule has 4 atom stereocenters. The predicted molar refractivity (Wildman–Crippen MR) is 70.2 cm³/mol. The van der Waals surface area contributed by atoms with Crippen LogP contribution in [0.4, 0.5) is 0 Å². The molecule has 0 aromatic rings. The summed E-state index contributed by atoms with van der Waals surface area (Å²) in [5.41, 5.74) is 1.10. The number of rotatable bonds is 1. The van der Waals surface area contributed by atoms with Gasteiger partial charge in [-0.1, -0.05) is 6.42 Å². The fourth-order valence-corrected chi connectivity index (χ4v) is 4.97. The van der Waals surface area contributed by atoms with Gasteiger partial charge in [0.25, 0.3) is 0 Å². The van der Waals surface area contributed by atoms with Crippen molar-refractivity contribution in [2.24, 2.45) is 11.8 Å². The van der Waals surface area contributed by atoms with Crippen molar-refractivity contribution in [3.8, 4) is 0 Å². The first-order valence-corrected chi connectivity index (χ1v) is 6.97. The molecule has 18 heavy (non-hydrogen) atoms. The zero-order valence-electron chi connectivity index (χ0n) is 11.8. The Balaban J connectivity index is 2.18. The number of aliphatic hydroxyl groups is 1. The highest BCUT2D eigenvalue weighted by molar-refractivity contribution is 6.03. The van der Waals surface area contributed by atoms with E-state index in [4.69, 9.17) is 0 Å². The summed E-state index contributed by atoms with van der Waals surface area (Å²) in [6.45, 7) is 4.01. The summed E-state index contributed by atoms with van der Waals surface area (Å²) < 4.78 is 0. The molecule has 0 bridgehead atoms. The number of Topliss-reactive ketones (excluding diaryl/α,β-unsaturated/α-hetero) is 1. The van der Waals surface area contributed by atoms with Crippen LogP contribution in [0.15, 0.2) is 11.1 Å². The zero-order chi connectivity index (χ0) is 13.3. The molecular formula is C15H23NO2. The zero-order valence-corrected chi connectivity index (χ0v) is 11.8. The second-order valence-electron chi connectivity index (χ2n) is 6.65. The molecule has 0 radical (unpaired) electrons. The van der Waals surface area contributed by atoms with Crippen LogP contribution < -0.4 is 0 Å². The van der Waals surface area contributed by atoms with Crippen LogP contribution in [0.5, 0.6) is 0 Å². The first-order valence-electron chi connectivity index (χ1n) is 6.97. The van der Waals surface area contributed by atoms with Crippen LogP contribution in [0.25, 0.3) is 0 Å². The van der Waals surface area contributed by atoms with Gasteiger partial charge in [-0.15, -0.1) is 0 Å². The van der Waals surface area contributed by atoms with Gasteiger partial charge in [0.15, 0.2) is 5.78 Å². The van der Waals surface area contributed by atoms with E-state index in [2.05, 4.69) is 11.8 Å². The van der Waals surface area contributed by atoms with E-state index in [9.17, 15) is 9.90 Å². The Bertz CT molecular complexity index is 453. The number of ketones is 1. The Morgan fingerprint density at radius 3 is 2.61 bits per heavy atom. The average Bonchev–Trinajstić information content (AvgIpc) is 2.83. The SMILES string of the molecule is CC1=C(C)[C@]2(N(C)C)C[C@@H]3CCC[C@]3(O)[C@@H]2C1=O. The third-order valence-electron chi connectivity index (χ3n) is 6.01. The molecule has 2 saturated carbocycles. The molecule has 3 rings (SSSR count). The van der Waals surface area contributed by atoms with E-state index in [0.717, 1.165) is 31.3 Å². The third-order valence-corrected chi connectivity index (χ3v) is 6.01. The number of hydrogen-bond donors (Lipinski definition) is 1. The van der Waals surface area contributed by atoms with Gasteiger partial charge in [0.2, 0.25) is 0 Å². The summed E-state index contributed by atoms with van der Waals surface area (Å²) in [4.78, 5) is 14.8. The largest absolute Gasteiger partial charge is 0.389 e. The van der Waals surface area contributed by atoms with Gasteiger partial charge in [0, 0.05) is 0 Å². The maximum Gasteiger partial charge on any atom is 0.166 e. The van der Waals surface area contributed by atoms with Crippen molar-refractivity contribution < 1.29 is 9.90 Å². The summed E-state index contributed by atoms with van der Waals surface area (Å²) in [6, 6.07) is 0. The maximum atomic E-state index is 12.6. The smallest absolute Gasteiger partial charge is 0.166 e. The third kappa shape index (κ3) is 1.11. The van der Waals surface area contributed by atoms with Crippen molar-refractivity contribution in [1.82, 2.24) is 4.90 Å². The van der Waals surface area contributed by atoms with Gasteiger partial charge in [-0.2, -0.15) is 0 Å². The minimum Gasteiger partial charge on any atom is -0.389 e. The van der Waals surface area contributed by atoms with Crippen LogP contribution in [-0.4, -0.2) is 41.0 Å². The Kier molecular flexibility index (Phi) is 2.37. The number of hydrogen-bond acceptors (Lipinski definition) is 3. The van der Waals surface area contributed by atoms with E-state index in [1.54, 1.807) is 0 Å². The van der Waals surface area contributed by atoms with Gasteiger partial charge < -0.3 is 5.11 Å². The highest BCUT2D eigenvalue weighted by Gasteiger charge is 2.69. The van der Waals surface area contributed by atoms with Crippen molar-refractivity contribution in [3.05, 3.63) is 11.1 Å². The van der Waals surface area contributed by atoms with Crippen molar-refractivity contribution >= 4 is 5.78 Å². The summed E-state index contributed by atoms with van der Waals surface area (Å²) in [7, 11) is 4.10. The highest BCUT2D eigenvalue weighted by Crippen LogP contribution is 2.62. The molecule has 0 heterocycles. The standard InChI is InChI=1S/C15H23NO2/c1-9-10(2)14(16(3)4)8-11-6-5-7-15(11,18)13(14)12(9)17/h11,13,18H,5-8H2,1-4H3/t11-,13+,14+,15+/m0/s1. The summed E-state index contributed by atoms with van der Waals surface area (Å²) in [6.07, 6.45) is 3.87. The molecule has 100 valence electrons. The fraction of sp³-hybridized carbons (Fsp3) is 0.800. The lowest BCUT2D eigenvalue weighted by molar-refractivity contribution is -0.130. The topological polar surface area (TPSA) is 40.5 Å². The van der Waals surface area contributed by atoms with Crippen LogP contribution in [-0.2, 0) is 4.79 Å². The van der Waals surface area contributed by atoms with Crippen LogP contribution in [0, 0.1) is 11.8 Å². The lowest BCUT2D eigenvalue weighted by atomic mass is 9.78. The lowest BCUT2D eigenvalue weighted by Crippen LogP contribution is -2.53. The van der Waals surface area contributed by atoms with E-state index in [0.29, 0.717) is 5.92 Å². The normalized spacial score (nSPS) is 47.1. The van der Waals surface area contributed by atoms with Crippen LogP contribution in [0.1, 0.15) is 39.5 Å². The molecule has 0 unspecified atom stereocenters. The van der Waals surface area contributed by atoms with Gasteiger partial charge in [-0.3, -0.25) is 9.69 Å². The quantitative estimate of drug-likeness (QED) is 0.770. The molecule has 0 saturated heterocycles. The lowest BCUT2D eigenvalue weighted by Gasteiger charge is -2.40. The van der Waals surface area contributed by atoms with Crippen LogP contribution in [0.3, 0.4) is 0 Å². The number of nitrogens with zero attached hydrogens (tertiary/aromatic N) is 1.